The Kier molecular flexibility index (Phi) is 6.17. The van der Waals surface area contributed by atoms with Gasteiger partial charge in [0.1, 0.15) is 5.78 Å². The zero-order chi connectivity index (χ0) is 12.0. The van der Waals surface area contributed by atoms with Crippen LogP contribution < -0.4 is 0 Å². The largest absolute Gasteiger partial charge is 0.436 e. The molecule has 0 saturated carbocycles. The first-order chi connectivity index (χ1) is 6.82. The van der Waals surface area contributed by atoms with Crippen LogP contribution in [0.3, 0.4) is 0 Å². The quantitative estimate of drug-likeness (QED) is 0.711. The third-order valence-corrected chi connectivity index (χ3v) is 1.92. The zero-order valence-electron chi connectivity index (χ0n) is 9.82. The van der Waals surface area contributed by atoms with Gasteiger partial charge < -0.3 is 14.6 Å². The number of ketones is 1. The van der Waals surface area contributed by atoms with E-state index in [0.717, 1.165) is 6.42 Å². The molecule has 1 N–H and O–H groups in total. The molecule has 0 aromatic carbocycles. The van der Waals surface area contributed by atoms with E-state index in [9.17, 15) is 9.59 Å². The number of carbonyl (C=O) groups excluding carboxylic acids is 2. The third kappa shape index (κ3) is 7.08. The van der Waals surface area contributed by atoms with Crippen LogP contribution in [0, 0.1) is 11.8 Å². The van der Waals surface area contributed by atoms with Gasteiger partial charge in [0, 0.05) is 12.3 Å². The fourth-order valence-corrected chi connectivity index (χ4v) is 1.24. The van der Waals surface area contributed by atoms with E-state index in [-0.39, 0.29) is 17.7 Å². The molecule has 1 aliphatic rings. The number of Topliss-reactive ketones (excluding diaryl/α,β-unsaturated/α-hetero) is 1. The molecule has 4 nitrogen and oxygen atoms in total. The number of rotatable bonds is 2. The molecule has 15 heavy (non-hydrogen) atoms. The minimum absolute atomic E-state index is 0.0255. The second-order valence-electron chi connectivity index (χ2n) is 4.36. The normalized spacial score (nSPS) is 24.5. The van der Waals surface area contributed by atoms with Crippen LogP contribution in [0.5, 0.6) is 0 Å². The van der Waals surface area contributed by atoms with Crippen molar-refractivity contribution < 1.29 is 19.4 Å². The van der Waals surface area contributed by atoms with E-state index in [2.05, 4.69) is 4.74 Å². The number of carbonyl (C=O) groups is 2. The minimum atomic E-state index is -0.859. The molecule has 1 rings (SSSR count). The van der Waals surface area contributed by atoms with Gasteiger partial charge in [0.05, 0.1) is 6.42 Å². The maximum absolute atomic E-state index is 10.3. The number of aliphatic hydroxyl groups is 1. The molecule has 0 spiro atoms. The first kappa shape index (κ1) is 14.1. The molecular formula is C11H20O4. The summed E-state index contributed by atoms with van der Waals surface area (Å²) in [6.07, 6.45) is 0.212. The lowest BCUT2D eigenvalue weighted by atomic mass is 10.1. The predicted octanol–water partition coefficient (Wildman–Crippen LogP) is 1.51. The second kappa shape index (κ2) is 6.56. The molecule has 0 amide bonds. The van der Waals surface area contributed by atoms with Crippen LogP contribution in [0.2, 0.25) is 0 Å². The van der Waals surface area contributed by atoms with Gasteiger partial charge in [-0.3, -0.25) is 4.79 Å². The van der Waals surface area contributed by atoms with E-state index in [1.807, 2.05) is 13.8 Å². The average molecular weight is 216 g/mol. The number of esters is 1. The van der Waals surface area contributed by atoms with E-state index < -0.39 is 6.29 Å². The van der Waals surface area contributed by atoms with Crippen molar-refractivity contribution in [2.45, 2.75) is 46.8 Å². The van der Waals surface area contributed by atoms with Crippen molar-refractivity contribution in [1.82, 2.24) is 0 Å². The number of cyclic esters (lactones) is 1. The Bertz CT molecular complexity index is 211. The number of aliphatic hydroxyl groups excluding tert-OH is 1. The highest BCUT2D eigenvalue weighted by Crippen LogP contribution is 2.18. The van der Waals surface area contributed by atoms with E-state index in [0.29, 0.717) is 12.3 Å². The summed E-state index contributed by atoms with van der Waals surface area (Å²) >= 11 is 0. The fourth-order valence-electron chi connectivity index (χ4n) is 1.24. The summed E-state index contributed by atoms with van der Waals surface area (Å²) in [6.45, 7) is 7.48. The molecular weight excluding hydrogens is 196 g/mol. The molecule has 0 aromatic heterocycles. The van der Waals surface area contributed by atoms with Crippen LogP contribution in [0.1, 0.15) is 40.5 Å². The molecule has 0 aliphatic carbocycles. The summed E-state index contributed by atoms with van der Waals surface area (Å²) < 4.78 is 4.39. The Morgan fingerprint density at radius 1 is 1.60 bits per heavy atom. The molecule has 1 heterocycles. The predicted molar refractivity (Wildman–Crippen MR) is 56.0 cm³/mol. The highest BCUT2D eigenvalue weighted by Gasteiger charge is 2.28. The Balaban J connectivity index is 0.000000265. The highest BCUT2D eigenvalue weighted by molar-refractivity contribution is 5.75. The van der Waals surface area contributed by atoms with E-state index >= 15 is 0 Å². The third-order valence-electron chi connectivity index (χ3n) is 1.92. The van der Waals surface area contributed by atoms with Crippen LogP contribution in [-0.2, 0) is 14.3 Å². The van der Waals surface area contributed by atoms with E-state index in [1.165, 1.54) is 0 Å². The summed E-state index contributed by atoms with van der Waals surface area (Å²) in [5, 5.41) is 8.73. The van der Waals surface area contributed by atoms with Crippen molar-refractivity contribution in [2.75, 3.05) is 0 Å². The molecule has 1 aliphatic heterocycles. The molecule has 1 fully saturated rings. The lowest BCUT2D eigenvalue weighted by molar-refractivity contribution is -0.155. The van der Waals surface area contributed by atoms with Crippen LogP contribution in [-0.4, -0.2) is 23.1 Å². The van der Waals surface area contributed by atoms with Crippen LogP contribution in [0.15, 0.2) is 0 Å². The zero-order valence-corrected chi connectivity index (χ0v) is 9.82. The Hall–Kier alpha value is -0.900. The van der Waals surface area contributed by atoms with Crippen molar-refractivity contribution in [3.8, 4) is 0 Å². The average Bonchev–Trinajstić information content (AvgIpc) is 2.27. The van der Waals surface area contributed by atoms with Crippen molar-refractivity contribution in [3.05, 3.63) is 0 Å². The fraction of sp³-hybridized carbons (Fsp3) is 0.818. The number of ether oxygens (including phenoxy) is 1. The van der Waals surface area contributed by atoms with Gasteiger partial charge in [-0.2, -0.15) is 0 Å². The van der Waals surface area contributed by atoms with Crippen LogP contribution >= 0.6 is 0 Å². The SMILES string of the molecule is CC(=O)CC(C)C.CC1CC(=O)OC1O. The van der Waals surface area contributed by atoms with E-state index in [1.54, 1.807) is 13.8 Å². The van der Waals surface area contributed by atoms with Gasteiger partial charge in [0.25, 0.3) is 0 Å². The Labute approximate surface area is 90.6 Å². The summed E-state index contributed by atoms with van der Waals surface area (Å²) in [5.41, 5.74) is 0. The van der Waals surface area contributed by atoms with Gasteiger partial charge in [0.2, 0.25) is 6.29 Å². The van der Waals surface area contributed by atoms with Gasteiger partial charge in [-0.1, -0.05) is 20.8 Å². The van der Waals surface area contributed by atoms with Gasteiger partial charge in [0.15, 0.2) is 0 Å². The van der Waals surface area contributed by atoms with Crippen molar-refractivity contribution in [1.29, 1.82) is 0 Å². The topological polar surface area (TPSA) is 63.6 Å². The number of hydrogen-bond donors (Lipinski definition) is 1. The molecule has 0 radical (unpaired) electrons. The lowest BCUT2D eigenvalue weighted by Crippen LogP contribution is -2.10. The maximum Gasteiger partial charge on any atom is 0.308 e. The maximum atomic E-state index is 10.3. The van der Waals surface area contributed by atoms with Gasteiger partial charge in [-0.25, -0.2) is 0 Å². The summed E-state index contributed by atoms with van der Waals surface area (Å²) in [4.78, 5) is 20.5. The molecule has 88 valence electrons. The molecule has 0 aromatic rings. The second-order valence-corrected chi connectivity index (χ2v) is 4.36. The van der Waals surface area contributed by atoms with Crippen LogP contribution in [0.25, 0.3) is 0 Å². The molecule has 2 atom stereocenters. The van der Waals surface area contributed by atoms with Crippen LogP contribution in [0.4, 0.5) is 0 Å². The summed E-state index contributed by atoms with van der Waals surface area (Å²) in [6, 6.07) is 0. The van der Waals surface area contributed by atoms with Gasteiger partial charge in [-0.15, -0.1) is 0 Å². The lowest BCUT2D eigenvalue weighted by Gasteiger charge is -2.02. The highest BCUT2D eigenvalue weighted by atomic mass is 16.6. The summed E-state index contributed by atoms with van der Waals surface area (Å²) in [7, 11) is 0. The molecule has 1 saturated heterocycles. The Morgan fingerprint density at radius 3 is 2.20 bits per heavy atom. The minimum Gasteiger partial charge on any atom is -0.436 e. The van der Waals surface area contributed by atoms with Crippen molar-refractivity contribution in [3.63, 3.8) is 0 Å². The standard InChI is InChI=1S/C6H12O.C5H8O3/c1-5(2)4-6(3)7;1-3-2-4(6)8-5(3)7/h5H,4H2,1-3H3;3,5,7H,2H2,1H3. The van der Waals surface area contributed by atoms with Crippen molar-refractivity contribution >= 4 is 11.8 Å². The molecule has 0 bridgehead atoms. The smallest absolute Gasteiger partial charge is 0.308 e. The molecule has 2 unspecified atom stereocenters. The van der Waals surface area contributed by atoms with E-state index in [4.69, 9.17) is 5.11 Å². The Morgan fingerprint density at radius 2 is 2.13 bits per heavy atom. The number of hydrogen-bond acceptors (Lipinski definition) is 4. The van der Waals surface area contributed by atoms with Gasteiger partial charge >= 0.3 is 5.97 Å². The summed E-state index contributed by atoms with van der Waals surface area (Å²) in [5.74, 6) is 0.486. The monoisotopic (exact) mass is 216 g/mol. The first-order valence-corrected chi connectivity index (χ1v) is 5.20. The van der Waals surface area contributed by atoms with Gasteiger partial charge in [-0.05, 0) is 12.8 Å². The first-order valence-electron chi connectivity index (χ1n) is 5.20. The molecule has 4 heteroatoms. The van der Waals surface area contributed by atoms with Crippen molar-refractivity contribution in [2.24, 2.45) is 11.8 Å².